The van der Waals surface area contributed by atoms with Crippen LogP contribution in [0.1, 0.15) is 33.6 Å². The molecule has 34 heavy (non-hydrogen) atoms. The molecule has 2 saturated heterocycles. The molecule has 0 radical (unpaired) electrons. The largest absolute Gasteiger partial charge is 0.489 e. The third-order valence-corrected chi connectivity index (χ3v) is 8.09. The monoisotopic (exact) mass is 494 g/mol. The number of amides is 4. The molecule has 11 nitrogen and oxygen atoms in total. The Balaban J connectivity index is 1.54. The number of nitrogens with one attached hydrogen (secondary N) is 2. The van der Waals surface area contributed by atoms with Crippen LogP contribution in [0.15, 0.2) is 23.1 Å². The van der Waals surface area contributed by atoms with Crippen LogP contribution in [0, 0.1) is 5.92 Å². The van der Waals surface area contributed by atoms with E-state index in [9.17, 15) is 22.8 Å². The van der Waals surface area contributed by atoms with Crippen LogP contribution in [-0.4, -0.2) is 80.0 Å². The molecule has 2 N–H and O–H groups in total. The van der Waals surface area contributed by atoms with E-state index in [0.717, 1.165) is 17.7 Å². The van der Waals surface area contributed by atoms with Crippen LogP contribution in [0.5, 0.6) is 5.75 Å². The summed E-state index contributed by atoms with van der Waals surface area (Å²) >= 11 is 0. The van der Waals surface area contributed by atoms with Crippen molar-refractivity contribution in [3.05, 3.63) is 18.2 Å². The van der Waals surface area contributed by atoms with Gasteiger partial charge in [-0.05, 0) is 57.7 Å². The Morgan fingerprint density at radius 2 is 1.94 bits per heavy atom. The number of hydrogen-bond donors (Lipinski definition) is 2. The van der Waals surface area contributed by atoms with Gasteiger partial charge in [0.05, 0.1) is 29.9 Å². The minimum atomic E-state index is -3.81. The Morgan fingerprint density at radius 3 is 2.56 bits per heavy atom. The van der Waals surface area contributed by atoms with Gasteiger partial charge in [0.25, 0.3) is 5.91 Å². The standard InChI is InChI=1S/C22H30N4O7S/c1-14(2)33-18-7-6-16(34(30,31)25-8-10-32-11-9-25)12-17(18)23-19(27)13-26-20(28)22(3,15-4-5-15)24-21(26)29/h6-7,12,14-15H,4-5,8-11,13H2,1-3H3,(H,23,27)(H,24,29)/t22-/m1/s1. The van der Waals surface area contributed by atoms with E-state index in [4.69, 9.17) is 9.47 Å². The molecular formula is C22H30N4O7S. The first-order chi connectivity index (χ1) is 16.0. The van der Waals surface area contributed by atoms with Crippen LogP contribution in [0.2, 0.25) is 0 Å². The number of anilines is 1. The van der Waals surface area contributed by atoms with Crippen LogP contribution >= 0.6 is 0 Å². The quantitative estimate of drug-likeness (QED) is 0.518. The minimum Gasteiger partial charge on any atom is -0.489 e. The van der Waals surface area contributed by atoms with Crippen molar-refractivity contribution < 1.29 is 32.3 Å². The van der Waals surface area contributed by atoms with Gasteiger partial charge in [-0.1, -0.05) is 0 Å². The van der Waals surface area contributed by atoms with Gasteiger partial charge in [-0.3, -0.25) is 14.5 Å². The van der Waals surface area contributed by atoms with E-state index >= 15 is 0 Å². The van der Waals surface area contributed by atoms with Gasteiger partial charge in [0.2, 0.25) is 15.9 Å². The normalized spacial score (nSPS) is 23.8. The van der Waals surface area contributed by atoms with Gasteiger partial charge in [-0.15, -0.1) is 0 Å². The molecule has 4 rings (SSSR count). The fourth-order valence-corrected chi connectivity index (χ4v) is 5.62. The number of hydrogen-bond acceptors (Lipinski definition) is 7. The summed E-state index contributed by atoms with van der Waals surface area (Å²) in [6, 6.07) is 3.63. The molecular weight excluding hydrogens is 464 g/mol. The third kappa shape index (κ3) is 4.75. The maximum Gasteiger partial charge on any atom is 0.325 e. The molecule has 12 heteroatoms. The summed E-state index contributed by atoms with van der Waals surface area (Å²) in [6.07, 6.45) is 1.47. The van der Waals surface area contributed by atoms with E-state index in [1.807, 2.05) is 0 Å². The fraction of sp³-hybridized carbons (Fsp3) is 0.591. The molecule has 0 bridgehead atoms. The topological polar surface area (TPSA) is 134 Å². The van der Waals surface area contributed by atoms with Crippen molar-refractivity contribution in [3.63, 3.8) is 0 Å². The van der Waals surface area contributed by atoms with Gasteiger partial charge in [0.15, 0.2) is 0 Å². The molecule has 3 fully saturated rings. The smallest absolute Gasteiger partial charge is 0.325 e. The molecule has 2 aliphatic heterocycles. The van der Waals surface area contributed by atoms with E-state index in [-0.39, 0.29) is 41.4 Å². The van der Waals surface area contributed by atoms with Crippen molar-refractivity contribution >= 4 is 33.6 Å². The summed E-state index contributed by atoms with van der Waals surface area (Å²) < 4.78 is 38.5. The number of benzene rings is 1. The van der Waals surface area contributed by atoms with Crippen LogP contribution < -0.4 is 15.4 Å². The lowest BCUT2D eigenvalue weighted by atomic mass is 9.96. The zero-order valence-corrected chi connectivity index (χ0v) is 20.3. The van der Waals surface area contributed by atoms with E-state index in [1.54, 1.807) is 20.8 Å². The highest BCUT2D eigenvalue weighted by molar-refractivity contribution is 7.89. The second kappa shape index (κ2) is 9.16. The maximum atomic E-state index is 13.1. The van der Waals surface area contributed by atoms with Gasteiger partial charge in [-0.2, -0.15) is 4.31 Å². The Morgan fingerprint density at radius 1 is 1.26 bits per heavy atom. The highest BCUT2D eigenvalue weighted by atomic mass is 32.2. The van der Waals surface area contributed by atoms with Crippen molar-refractivity contribution in [2.75, 3.05) is 38.2 Å². The molecule has 0 aromatic heterocycles. The first-order valence-electron chi connectivity index (χ1n) is 11.3. The van der Waals surface area contributed by atoms with Gasteiger partial charge in [0, 0.05) is 13.1 Å². The van der Waals surface area contributed by atoms with E-state index in [1.165, 1.54) is 22.5 Å². The molecule has 0 unspecified atom stereocenters. The summed E-state index contributed by atoms with van der Waals surface area (Å²) in [5, 5.41) is 5.33. The van der Waals surface area contributed by atoms with Crippen LogP contribution in [0.4, 0.5) is 10.5 Å². The average Bonchev–Trinajstić information content (AvgIpc) is 3.61. The molecule has 186 valence electrons. The van der Waals surface area contributed by atoms with Gasteiger partial charge < -0.3 is 20.1 Å². The van der Waals surface area contributed by atoms with Crippen molar-refractivity contribution in [2.24, 2.45) is 5.92 Å². The van der Waals surface area contributed by atoms with E-state index < -0.39 is 40.0 Å². The van der Waals surface area contributed by atoms with Gasteiger partial charge in [-0.25, -0.2) is 13.2 Å². The van der Waals surface area contributed by atoms with Crippen molar-refractivity contribution in [2.45, 2.75) is 50.2 Å². The summed E-state index contributed by atoms with van der Waals surface area (Å²) in [6.45, 7) is 5.88. The lowest BCUT2D eigenvalue weighted by Gasteiger charge is -2.26. The van der Waals surface area contributed by atoms with Crippen LogP contribution in [0.25, 0.3) is 0 Å². The Kier molecular flexibility index (Phi) is 6.58. The van der Waals surface area contributed by atoms with E-state index in [0.29, 0.717) is 13.2 Å². The zero-order chi connectivity index (χ0) is 24.7. The summed E-state index contributed by atoms with van der Waals surface area (Å²) in [5.41, 5.74) is -0.847. The molecule has 4 amide bonds. The molecule has 1 aromatic rings. The Hall–Kier alpha value is -2.70. The number of nitrogens with zero attached hydrogens (tertiary/aromatic N) is 2. The summed E-state index contributed by atoms with van der Waals surface area (Å²) in [7, 11) is -3.81. The molecule has 1 atom stereocenters. The number of ether oxygens (including phenoxy) is 2. The van der Waals surface area contributed by atoms with Crippen LogP contribution in [-0.2, 0) is 24.3 Å². The number of morpholine rings is 1. The van der Waals surface area contributed by atoms with E-state index in [2.05, 4.69) is 10.6 Å². The van der Waals surface area contributed by atoms with Crippen molar-refractivity contribution in [1.29, 1.82) is 0 Å². The Bertz CT molecular complexity index is 1100. The number of imide groups is 1. The summed E-state index contributed by atoms with van der Waals surface area (Å²) in [5.74, 6) is -0.718. The predicted molar refractivity (Wildman–Crippen MR) is 122 cm³/mol. The Labute approximate surface area is 198 Å². The second-order valence-corrected chi connectivity index (χ2v) is 11.1. The number of sulfonamides is 1. The maximum absolute atomic E-state index is 13.1. The highest BCUT2D eigenvalue weighted by Crippen LogP contribution is 2.42. The zero-order valence-electron chi connectivity index (χ0n) is 19.5. The van der Waals surface area contributed by atoms with Crippen LogP contribution in [0.3, 0.4) is 0 Å². The molecule has 2 heterocycles. The summed E-state index contributed by atoms with van der Waals surface area (Å²) in [4.78, 5) is 38.9. The number of urea groups is 1. The fourth-order valence-electron chi connectivity index (χ4n) is 4.19. The predicted octanol–water partition coefficient (Wildman–Crippen LogP) is 1.15. The molecule has 1 aromatic carbocycles. The lowest BCUT2D eigenvalue weighted by molar-refractivity contribution is -0.134. The lowest BCUT2D eigenvalue weighted by Crippen LogP contribution is -2.46. The highest BCUT2D eigenvalue weighted by Gasteiger charge is 2.56. The number of rotatable bonds is 8. The van der Waals surface area contributed by atoms with Crippen molar-refractivity contribution in [3.8, 4) is 5.75 Å². The molecule has 0 spiro atoms. The molecule has 1 saturated carbocycles. The average molecular weight is 495 g/mol. The number of carbonyl (C=O) groups is 3. The first kappa shape index (κ1) is 24.4. The SMILES string of the molecule is CC(C)Oc1ccc(S(=O)(=O)N2CCOCC2)cc1NC(=O)CN1C(=O)N[C@](C)(C2CC2)C1=O. The number of carbonyl (C=O) groups excluding carboxylic acids is 3. The van der Waals surface area contributed by atoms with Crippen molar-refractivity contribution in [1.82, 2.24) is 14.5 Å². The molecule has 3 aliphatic rings. The van der Waals surface area contributed by atoms with Gasteiger partial charge in [0.1, 0.15) is 17.8 Å². The van der Waals surface area contributed by atoms with Gasteiger partial charge >= 0.3 is 6.03 Å². The molecule has 1 aliphatic carbocycles. The third-order valence-electron chi connectivity index (χ3n) is 6.19. The minimum absolute atomic E-state index is 0.00268. The second-order valence-electron chi connectivity index (χ2n) is 9.19. The first-order valence-corrected chi connectivity index (χ1v) is 12.8.